The summed E-state index contributed by atoms with van der Waals surface area (Å²) in [4.78, 5) is 25.6. The molecule has 1 aromatic heterocycles. The molecule has 0 bridgehead atoms. The predicted molar refractivity (Wildman–Crippen MR) is 76.5 cm³/mol. The van der Waals surface area contributed by atoms with Crippen molar-refractivity contribution in [2.75, 3.05) is 19.8 Å². The van der Waals surface area contributed by atoms with E-state index in [9.17, 15) is 19.8 Å². The number of aliphatic hydroxyl groups is 1. The molecule has 10 heteroatoms. The van der Waals surface area contributed by atoms with Crippen molar-refractivity contribution < 1.29 is 29.2 Å². The Bertz CT molecular complexity index is 801. The Balaban J connectivity index is 1.90. The van der Waals surface area contributed by atoms with Gasteiger partial charge in [0.25, 0.3) is 5.56 Å². The van der Waals surface area contributed by atoms with Gasteiger partial charge >= 0.3 is 5.69 Å². The highest BCUT2D eigenvalue weighted by molar-refractivity contribution is 5.23. The van der Waals surface area contributed by atoms with E-state index in [1.807, 2.05) is 4.98 Å². The second kappa shape index (κ2) is 4.67. The molecule has 1 aromatic rings. The highest BCUT2D eigenvalue weighted by Crippen LogP contribution is 2.60. The largest absolute Gasteiger partial charge is 0.502 e. The lowest BCUT2D eigenvalue weighted by Gasteiger charge is -2.31. The summed E-state index contributed by atoms with van der Waals surface area (Å²) in [6.45, 7) is 3.27. The average Bonchev–Trinajstić information content (AvgIpc) is 3.00. The summed E-state index contributed by atoms with van der Waals surface area (Å²) < 4.78 is 24.5. The Morgan fingerprint density at radius 2 is 1.96 bits per heavy atom. The number of nitrogens with one attached hydrogen (secondary N) is 1. The van der Waals surface area contributed by atoms with Crippen molar-refractivity contribution in [3.05, 3.63) is 27.0 Å². The van der Waals surface area contributed by atoms with E-state index < -0.39 is 46.3 Å². The maximum atomic E-state index is 12.2. The zero-order chi connectivity index (χ0) is 17.3. The van der Waals surface area contributed by atoms with E-state index in [4.69, 9.17) is 18.9 Å². The summed E-state index contributed by atoms with van der Waals surface area (Å²) in [5.74, 6) is -1.61. The van der Waals surface area contributed by atoms with Crippen LogP contribution in [0.25, 0.3) is 0 Å². The quantitative estimate of drug-likeness (QED) is 0.587. The third-order valence-corrected chi connectivity index (χ3v) is 4.78. The number of hydrogen-bond donors (Lipinski definition) is 3. The third-order valence-electron chi connectivity index (χ3n) is 4.78. The minimum atomic E-state index is -1.20. The molecule has 0 aromatic carbocycles. The topological polar surface area (TPSA) is 132 Å². The second-order valence-electron chi connectivity index (χ2n) is 6.72. The lowest BCUT2D eigenvalue weighted by molar-refractivity contribution is -0.249. The molecule has 0 spiro atoms. The Labute approximate surface area is 135 Å². The van der Waals surface area contributed by atoms with Crippen molar-refractivity contribution in [2.45, 2.75) is 43.2 Å². The van der Waals surface area contributed by atoms with Crippen LogP contribution in [-0.4, -0.2) is 62.7 Å². The van der Waals surface area contributed by atoms with Crippen LogP contribution in [0.5, 0.6) is 5.75 Å². The summed E-state index contributed by atoms with van der Waals surface area (Å²) in [5, 5.41) is 19.4. The Morgan fingerprint density at radius 1 is 1.29 bits per heavy atom. The number of rotatable bonds is 2. The van der Waals surface area contributed by atoms with Gasteiger partial charge in [-0.15, -0.1) is 0 Å². The average molecular weight is 342 g/mol. The fourth-order valence-electron chi connectivity index (χ4n) is 4.00. The molecule has 0 radical (unpaired) electrons. The van der Waals surface area contributed by atoms with Crippen LogP contribution in [0.3, 0.4) is 0 Å². The van der Waals surface area contributed by atoms with Crippen molar-refractivity contribution in [1.29, 1.82) is 0 Å². The zero-order valence-corrected chi connectivity index (χ0v) is 13.1. The molecule has 3 saturated heterocycles. The first-order valence-electron chi connectivity index (χ1n) is 7.53. The van der Waals surface area contributed by atoms with E-state index in [0.717, 1.165) is 10.8 Å². The van der Waals surface area contributed by atoms with Crippen LogP contribution >= 0.6 is 0 Å². The Kier molecular flexibility index (Phi) is 3.07. The number of aliphatic hydroxyl groups excluding tert-OH is 1. The molecule has 4 heterocycles. The number of aromatic amines is 1. The first kappa shape index (κ1) is 15.8. The second-order valence-corrected chi connectivity index (χ2v) is 6.72. The summed E-state index contributed by atoms with van der Waals surface area (Å²) in [6.07, 6.45) is -0.861. The van der Waals surface area contributed by atoms with Gasteiger partial charge in [0, 0.05) is 0 Å². The van der Waals surface area contributed by atoms with Gasteiger partial charge in [-0.05, 0) is 13.8 Å². The van der Waals surface area contributed by atoms with Gasteiger partial charge in [-0.25, -0.2) is 4.79 Å². The molecule has 10 nitrogen and oxygen atoms in total. The molecule has 3 fully saturated rings. The van der Waals surface area contributed by atoms with Crippen molar-refractivity contribution in [3.63, 3.8) is 0 Å². The first-order chi connectivity index (χ1) is 11.2. The number of hydrogen-bond acceptors (Lipinski definition) is 8. The van der Waals surface area contributed by atoms with Gasteiger partial charge in [0.1, 0.15) is 6.10 Å². The molecular weight excluding hydrogens is 324 g/mol. The molecule has 3 aliphatic rings. The van der Waals surface area contributed by atoms with Crippen LogP contribution in [0.2, 0.25) is 0 Å². The standard InChI is InChI=1S/C14H18N2O8/c1-12(2)23-13-5-21-6-14(13,24-12)10(22-8(13)4-17)16-3-7(18)9(19)15-11(16)20/h3,8,10,17-18H,4-6H2,1-2H3,(H,15,19,20)/t8-,10-,13+,14?/m1/s1. The van der Waals surface area contributed by atoms with Crippen LogP contribution in [0.4, 0.5) is 0 Å². The smallest absolute Gasteiger partial charge is 0.330 e. The Hall–Kier alpha value is -1.72. The minimum Gasteiger partial charge on any atom is -0.502 e. The van der Waals surface area contributed by atoms with Crippen LogP contribution in [0.1, 0.15) is 20.1 Å². The van der Waals surface area contributed by atoms with Crippen LogP contribution < -0.4 is 11.2 Å². The van der Waals surface area contributed by atoms with Gasteiger partial charge in [0.15, 0.2) is 29.0 Å². The maximum Gasteiger partial charge on any atom is 0.330 e. The molecule has 4 rings (SSSR count). The molecule has 0 aliphatic carbocycles. The highest BCUT2D eigenvalue weighted by atomic mass is 16.8. The molecule has 0 amide bonds. The molecule has 3 N–H and O–H groups in total. The van der Waals surface area contributed by atoms with Gasteiger partial charge in [0.2, 0.25) is 0 Å². The normalized spacial score (nSPS) is 39.8. The maximum absolute atomic E-state index is 12.2. The van der Waals surface area contributed by atoms with E-state index in [0.29, 0.717) is 0 Å². The van der Waals surface area contributed by atoms with Gasteiger partial charge in [-0.3, -0.25) is 14.3 Å². The molecule has 4 atom stereocenters. The zero-order valence-electron chi connectivity index (χ0n) is 13.1. The molecule has 1 unspecified atom stereocenters. The molecule has 0 saturated carbocycles. The molecule has 24 heavy (non-hydrogen) atoms. The fraction of sp³-hybridized carbons (Fsp3) is 0.714. The van der Waals surface area contributed by atoms with E-state index in [1.165, 1.54) is 0 Å². The van der Waals surface area contributed by atoms with Gasteiger partial charge in [0.05, 0.1) is 26.0 Å². The lowest BCUT2D eigenvalue weighted by Crippen LogP contribution is -2.56. The molecule has 132 valence electrons. The van der Waals surface area contributed by atoms with Crippen molar-refractivity contribution in [2.24, 2.45) is 0 Å². The van der Waals surface area contributed by atoms with Crippen molar-refractivity contribution in [3.8, 4) is 5.75 Å². The van der Waals surface area contributed by atoms with Crippen molar-refractivity contribution >= 4 is 0 Å². The summed E-state index contributed by atoms with van der Waals surface area (Å²) in [5.41, 5.74) is -3.97. The predicted octanol–water partition coefficient (Wildman–Crippen LogP) is -1.58. The highest BCUT2D eigenvalue weighted by Gasteiger charge is 2.78. The van der Waals surface area contributed by atoms with Crippen LogP contribution in [0.15, 0.2) is 15.8 Å². The number of aromatic nitrogens is 2. The van der Waals surface area contributed by atoms with E-state index in [-0.39, 0.29) is 19.8 Å². The first-order valence-corrected chi connectivity index (χ1v) is 7.53. The van der Waals surface area contributed by atoms with Gasteiger partial charge in [-0.2, -0.15) is 0 Å². The van der Waals surface area contributed by atoms with E-state index in [1.54, 1.807) is 13.8 Å². The number of ether oxygens (including phenoxy) is 4. The number of aromatic hydroxyl groups is 1. The van der Waals surface area contributed by atoms with Crippen LogP contribution in [0, 0.1) is 0 Å². The monoisotopic (exact) mass is 342 g/mol. The summed E-state index contributed by atoms with van der Waals surface area (Å²) in [7, 11) is 0. The fourth-order valence-corrected chi connectivity index (χ4v) is 4.00. The summed E-state index contributed by atoms with van der Waals surface area (Å²) in [6, 6.07) is 0. The van der Waals surface area contributed by atoms with Gasteiger partial charge < -0.3 is 29.2 Å². The minimum absolute atomic E-state index is 0.0733. The van der Waals surface area contributed by atoms with Gasteiger partial charge in [-0.1, -0.05) is 0 Å². The van der Waals surface area contributed by atoms with Crippen LogP contribution in [-0.2, 0) is 18.9 Å². The number of H-pyrrole nitrogens is 1. The van der Waals surface area contributed by atoms with E-state index in [2.05, 4.69) is 0 Å². The molecule has 3 aliphatic heterocycles. The third kappa shape index (κ3) is 1.77. The lowest BCUT2D eigenvalue weighted by atomic mass is 9.83. The molecular formula is C14H18N2O8. The summed E-state index contributed by atoms with van der Waals surface area (Å²) >= 11 is 0. The SMILES string of the molecule is CC1(C)OC23COC[C@]2(O1)[C@@H](CO)O[C@H]3n1cc(O)c(=O)[nH]c1=O. The van der Waals surface area contributed by atoms with Crippen molar-refractivity contribution in [1.82, 2.24) is 9.55 Å². The number of nitrogens with zero attached hydrogens (tertiary/aromatic N) is 1. The van der Waals surface area contributed by atoms with E-state index >= 15 is 0 Å². The Morgan fingerprint density at radius 3 is 2.67 bits per heavy atom.